The number of methoxy groups -OCH3 is 2. The van der Waals surface area contributed by atoms with Crippen LogP contribution in [0.25, 0.3) is 0 Å². The molecular formula is C58H74ClN2O11S4+. The third-order valence-corrected chi connectivity index (χ3v) is 16.7. The molecule has 0 atom stereocenters. The molecule has 2 aliphatic heterocycles. The first-order chi connectivity index (χ1) is 35.6. The molecule has 2 aliphatic rings. The van der Waals surface area contributed by atoms with Crippen molar-refractivity contribution in [2.24, 2.45) is 11.8 Å². The molecule has 6 aromatic rings. The van der Waals surface area contributed by atoms with Gasteiger partial charge in [-0.25, -0.2) is 8.42 Å². The molecular weight excluding hydrogens is 1060 g/mol. The van der Waals surface area contributed by atoms with Crippen LogP contribution < -0.4 is 5.32 Å². The van der Waals surface area contributed by atoms with Crippen LogP contribution in [-0.2, 0) is 66.0 Å². The van der Waals surface area contributed by atoms with E-state index in [0.29, 0.717) is 0 Å². The molecule has 412 valence electrons. The van der Waals surface area contributed by atoms with E-state index in [0.717, 1.165) is 59.0 Å². The molecule has 6 aromatic carbocycles. The molecule has 18 heteroatoms. The molecule has 2 saturated heterocycles. The van der Waals surface area contributed by atoms with Crippen LogP contribution in [0.3, 0.4) is 0 Å². The molecule has 1 N–H and O–H groups in total. The summed E-state index contributed by atoms with van der Waals surface area (Å²) in [6.45, 7) is 16.7. The summed E-state index contributed by atoms with van der Waals surface area (Å²) in [5.74, 6) is 0.196. The first kappa shape index (κ1) is 66.8. The molecule has 0 amide bonds. The number of halogens is 1. The van der Waals surface area contributed by atoms with Crippen LogP contribution in [0.4, 0.5) is 0 Å². The van der Waals surface area contributed by atoms with Crippen LogP contribution >= 0.6 is 12.4 Å². The zero-order valence-electron chi connectivity index (χ0n) is 45.1. The highest BCUT2D eigenvalue weighted by Crippen LogP contribution is 2.33. The molecule has 2 fully saturated rings. The topological polar surface area (TPSA) is 186 Å². The standard InChI is InChI=1S/2C21H21S.C8H15NO2.C7H13NO2.CH4O4S.ClH.O3S/c2*1-16-4-10-19(11-5-16)22(20-12-6-17(2)7-13-20)21-14-8-18(3)9-15-21;1-9-5-3-7(4-6-9)8(10)11-2;1-10-7(9)6-2-4-8-5-3-6;1-5-6(2,3)4;;1-4(2)3/h2*4-15H,1-3H3;7H,3-6H2,1-2H3;6,8H,2-5H2,1H3;1H3,(H,2,3,4);1H;/q2*+1;;;;;/p-1. The summed E-state index contributed by atoms with van der Waals surface area (Å²) in [7, 11) is -1.81. The van der Waals surface area contributed by atoms with E-state index >= 15 is 0 Å². The number of ether oxygens (including phenoxy) is 2. The summed E-state index contributed by atoms with van der Waals surface area (Å²) in [5.41, 5.74) is 7.83. The predicted octanol–water partition coefficient (Wildman–Crippen LogP) is 10.6. The number of hydrogen-bond donors (Lipinski definition) is 1. The number of benzene rings is 6. The van der Waals surface area contributed by atoms with Crippen LogP contribution in [0, 0.1) is 53.4 Å². The zero-order chi connectivity index (χ0) is 55.5. The highest BCUT2D eigenvalue weighted by atomic mass is 35.5. The summed E-state index contributed by atoms with van der Waals surface area (Å²) in [4.78, 5) is 32.4. The third kappa shape index (κ3) is 25.2. The van der Waals surface area contributed by atoms with E-state index in [1.54, 1.807) is 0 Å². The molecule has 0 bridgehead atoms. The lowest BCUT2D eigenvalue weighted by Gasteiger charge is -2.26. The van der Waals surface area contributed by atoms with Crippen LogP contribution in [0.15, 0.2) is 175 Å². The zero-order valence-corrected chi connectivity index (χ0v) is 49.2. The van der Waals surface area contributed by atoms with E-state index in [1.165, 1.54) is 77.0 Å². The summed E-state index contributed by atoms with van der Waals surface area (Å²) in [6, 6.07) is 53.6. The van der Waals surface area contributed by atoms with Crippen molar-refractivity contribution < 1.29 is 48.8 Å². The Bertz CT molecular complexity index is 2490. The number of piperidine rings is 2. The smallest absolute Gasteiger partial charge is 0.425 e. The maximum atomic E-state index is 11.0. The molecule has 0 aromatic heterocycles. The predicted molar refractivity (Wildman–Crippen MR) is 305 cm³/mol. The lowest BCUT2D eigenvalue weighted by atomic mass is 9.98. The van der Waals surface area contributed by atoms with Crippen molar-refractivity contribution in [3.63, 3.8) is 0 Å². The van der Waals surface area contributed by atoms with Gasteiger partial charge >= 0.3 is 22.5 Å². The fraction of sp³-hybridized carbons (Fsp3) is 0.345. The van der Waals surface area contributed by atoms with Gasteiger partial charge in [0.2, 0.25) is 10.4 Å². The quantitative estimate of drug-likeness (QED) is 0.0625. The van der Waals surface area contributed by atoms with Gasteiger partial charge in [-0.2, -0.15) is 0 Å². The van der Waals surface area contributed by atoms with Crippen molar-refractivity contribution in [2.75, 3.05) is 54.6 Å². The van der Waals surface area contributed by atoms with Crippen molar-refractivity contribution in [1.82, 2.24) is 10.2 Å². The monoisotopic (exact) mass is 1140 g/mol. The van der Waals surface area contributed by atoms with E-state index in [1.807, 2.05) is 0 Å². The first-order valence-electron chi connectivity index (χ1n) is 24.4. The minimum absolute atomic E-state index is 0. The van der Waals surface area contributed by atoms with Gasteiger partial charge in [-0.3, -0.25) is 13.8 Å². The average molecular weight is 1140 g/mol. The van der Waals surface area contributed by atoms with Gasteiger partial charge in [-0.15, -0.1) is 25.0 Å². The molecule has 2 heterocycles. The third-order valence-electron chi connectivity index (χ3n) is 11.9. The van der Waals surface area contributed by atoms with Crippen molar-refractivity contribution in [3.05, 3.63) is 179 Å². The lowest BCUT2D eigenvalue weighted by Crippen LogP contribution is -2.33. The Morgan fingerprint density at radius 2 is 0.684 bits per heavy atom. The number of nitrogens with zero attached hydrogens (tertiary/aromatic N) is 1. The Balaban J connectivity index is 0.000000340. The normalized spacial score (nSPS) is 13.4. The molecule has 0 unspecified atom stereocenters. The minimum atomic E-state index is -4.41. The Kier molecular flexibility index (Phi) is 30.9. The second-order valence-corrected chi connectivity index (χ2v) is 23.5. The van der Waals surface area contributed by atoms with Crippen molar-refractivity contribution >= 4 is 67.1 Å². The summed E-state index contributed by atoms with van der Waals surface area (Å²) in [5, 5.41) is 3.19. The summed E-state index contributed by atoms with van der Waals surface area (Å²) in [6.07, 6.45) is 3.74. The van der Waals surface area contributed by atoms with E-state index in [2.05, 4.69) is 218 Å². The number of carbonyl (C=O) groups excluding carboxylic acids is 2. The Morgan fingerprint density at radius 1 is 0.487 bits per heavy atom. The number of hydrogen-bond acceptors (Lipinski definition) is 13. The SMILES string of the molecule is COC(=O)C1CCN(C)CC1.COC(=O)C1CCNCC1.COS(=O)(=O)[O-].Cc1ccc([S+](c2ccc(C)cc2)c2ccc(C)cc2)cc1.Cc1ccc([S+](c2ccc(C)cc2)c2ccc(C)cc2)cc1.Cl.O=S(=O)=O. The number of rotatable bonds is 9. The van der Waals surface area contributed by atoms with Gasteiger partial charge in [0.05, 0.1) is 55.0 Å². The van der Waals surface area contributed by atoms with E-state index in [9.17, 15) is 22.6 Å². The summed E-state index contributed by atoms with van der Waals surface area (Å²) < 4.78 is 65.6. The minimum Gasteiger partial charge on any atom is -0.726 e. The molecule has 0 spiro atoms. The number of aryl methyl sites for hydroxylation is 6. The Labute approximate surface area is 465 Å². The molecule has 13 nitrogen and oxygen atoms in total. The average Bonchev–Trinajstić information content (AvgIpc) is 3.40. The van der Waals surface area contributed by atoms with Crippen LogP contribution in [-0.4, -0.2) is 97.0 Å². The van der Waals surface area contributed by atoms with Crippen molar-refractivity contribution in [3.8, 4) is 0 Å². The number of nitrogens with one attached hydrogen (secondary N) is 1. The highest BCUT2D eigenvalue weighted by molar-refractivity contribution is 7.97. The van der Waals surface area contributed by atoms with Crippen LogP contribution in [0.5, 0.6) is 0 Å². The van der Waals surface area contributed by atoms with Gasteiger partial charge in [0.1, 0.15) is 0 Å². The fourth-order valence-corrected chi connectivity index (χ4v) is 11.6. The molecule has 0 saturated carbocycles. The molecule has 0 aliphatic carbocycles. The van der Waals surface area contributed by atoms with Gasteiger partial charge < -0.3 is 24.2 Å². The second-order valence-electron chi connectivity index (χ2n) is 17.9. The van der Waals surface area contributed by atoms with E-state index in [4.69, 9.17) is 12.6 Å². The molecule has 0 radical (unpaired) electrons. The summed E-state index contributed by atoms with van der Waals surface area (Å²) >= 11 is 0. The van der Waals surface area contributed by atoms with E-state index < -0.39 is 21.0 Å². The van der Waals surface area contributed by atoms with Gasteiger partial charge in [0.15, 0.2) is 29.4 Å². The number of esters is 2. The fourth-order valence-electron chi connectivity index (χ4n) is 7.50. The number of likely N-dealkylation sites (tertiary alicyclic amines) is 1. The molecule has 76 heavy (non-hydrogen) atoms. The lowest BCUT2D eigenvalue weighted by molar-refractivity contribution is -0.147. The maximum Gasteiger partial charge on any atom is 0.425 e. The van der Waals surface area contributed by atoms with Gasteiger partial charge in [-0.05, 0) is 173 Å². The second kappa shape index (κ2) is 35.1. The van der Waals surface area contributed by atoms with Crippen LogP contribution in [0.2, 0.25) is 0 Å². The number of carbonyl (C=O) groups is 2. The Morgan fingerprint density at radius 3 is 0.868 bits per heavy atom. The maximum absolute atomic E-state index is 11.0. The van der Waals surface area contributed by atoms with Crippen molar-refractivity contribution in [1.29, 1.82) is 0 Å². The van der Waals surface area contributed by atoms with Gasteiger partial charge in [0, 0.05) is 0 Å². The Hall–Kier alpha value is -5.34. The van der Waals surface area contributed by atoms with Gasteiger partial charge in [0.25, 0.3) is 0 Å². The van der Waals surface area contributed by atoms with Crippen LogP contribution in [0.1, 0.15) is 59.1 Å². The largest absolute Gasteiger partial charge is 0.726 e. The highest BCUT2D eigenvalue weighted by Gasteiger charge is 2.30. The van der Waals surface area contributed by atoms with Gasteiger partial charge in [-0.1, -0.05) is 106 Å². The molecule has 8 rings (SSSR count). The van der Waals surface area contributed by atoms with Crippen molar-refractivity contribution in [2.45, 2.75) is 96.6 Å². The first-order valence-corrected chi connectivity index (χ1v) is 29.1. The van der Waals surface area contributed by atoms with E-state index in [-0.39, 0.29) is 58.0 Å².